The maximum Gasteiger partial charge on any atom is 0.308 e. The van der Waals surface area contributed by atoms with Crippen molar-refractivity contribution in [1.82, 2.24) is 0 Å². The van der Waals surface area contributed by atoms with E-state index in [1.54, 1.807) is 0 Å². The maximum atomic E-state index is 11.3. The number of hydrogen-bond acceptors (Lipinski definition) is 2. The van der Waals surface area contributed by atoms with Crippen LogP contribution >= 0.6 is 0 Å². The van der Waals surface area contributed by atoms with Gasteiger partial charge >= 0.3 is 5.97 Å². The molecule has 0 radical (unpaired) electrons. The third-order valence-electron chi connectivity index (χ3n) is 3.36. The van der Waals surface area contributed by atoms with E-state index in [2.05, 4.69) is 17.0 Å². The average Bonchev–Trinajstić information content (AvgIpc) is 2.28. The third-order valence-corrected chi connectivity index (χ3v) is 3.36. The van der Waals surface area contributed by atoms with Crippen LogP contribution in [0.15, 0.2) is 24.3 Å². The molecule has 0 saturated heterocycles. The normalized spacial score (nSPS) is 22.4. The lowest BCUT2D eigenvalue weighted by Gasteiger charge is -2.33. The first-order chi connectivity index (χ1) is 8.24. The largest absolute Gasteiger partial charge is 0.469 e. The Morgan fingerprint density at radius 3 is 2.94 bits per heavy atom. The molecule has 0 spiro atoms. The smallest absolute Gasteiger partial charge is 0.308 e. The van der Waals surface area contributed by atoms with E-state index in [0.29, 0.717) is 12.5 Å². The second-order valence-corrected chi connectivity index (χ2v) is 4.45. The molecule has 3 nitrogen and oxygen atoms in total. The van der Waals surface area contributed by atoms with Crippen LogP contribution in [0.5, 0.6) is 0 Å². The molecule has 3 heteroatoms. The zero-order valence-electron chi connectivity index (χ0n) is 9.85. The quantitative estimate of drug-likeness (QED) is 0.589. The van der Waals surface area contributed by atoms with E-state index < -0.39 is 0 Å². The summed E-state index contributed by atoms with van der Waals surface area (Å²) < 4.78 is 4.72. The lowest BCUT2D eigenvalue weighted by Crippen LogP contribution is -2.29. The molecular weight excluding hydrogens is 214 g/mol. The van der Waals surface area contributed by atoms with Gasteiger partial charge in [0.25, 0.3) is 0 Å². The molecule has 0 N–H and O–H groups in total. The second kappa shape index (κ2) is 5.01. The predicted octanol–water partition coefficient (Wildman–Crippen LogP) is 2.77. The van der Waals surface area contributed by atoms with Crippen molar-refractivity contribution in [1.29, 1.82) is 0 Å². The van der Waals surface area contributed by atoms with E-state index in [1.807, 2.05) is 12.1 Å². The first kappa shape index (κ1) is 11.7. The lowest BCUT2D eigenvalue weighted by molar-refractivity contribution is -0.148. The van der Waals surface area contributed by atoms with E-state index in [-0.39, 0.29) is 11.9 Å². The number of nitrogens with zero attached hydrogens (tertiary/aromatic N) is 1. The van der Waals surface area contributed by atoms with Crippen LogP contribution in [0.1, 0.15) is 29.9 Å². The molecule has 0 bridgehead atoms. The highest BCUT2D eigenvalue weighted by Gasteiger charge is 2.36. The van der Waals surface area contributed by atoms with Crippen molar-refractivity contribution in [3.05, 3.63) is 46.8 Å². The number of methoxy groups -OCH3 is 1. The van der Waals surface area contributed by atoms with Gasteiger partial charge in [0.15, 0.2) is 0 Å². The van der Waals surface area contributed by atoms with Crippen LogP contribution in [0.4, 0.5) is 0 Å². The van der Waals surface area contributed by atoms with Crippen molar-refractivity contribution in [3.8, 4) is 0 Å². The molecular formula is C14H15NO2. The molecule has 17 heavy (non-hydrogen) atoms. The monoisotopic (exact) mass is 229 g/mol. The van der Waals surface area contributed by atoms with Crippen molar-refractivity contribution < 1.29 is 9.53 Å². The van der Waals surface area contributed by atoms with Gasteiger partial charge in [-0.25, -0.2) is 6.57 Å². The van der Waals surface area contributed by atoms with Gasteiger partial charge in [0.1, 0.15) is 0 Å². The van der Waals surface area contributed by atoms with Gasteiger partial charge in [-0.2, -0.15) is 0 Å². The highest BCUT2D eigenvalue weighted by Crippen LogP contribution is 2.42. The first-order valence-electron chi connectivity index (χ1n) is 5.74. The van der Waals surface area contributed by atoms with Crippen LogP contribution in [0.2, 0.25) is 0 Å². The zero-order valence-corrected chi connectivity index (χ0v) is 9.85. The van der Waals surface area contributed by atoms with Gasteiger partial charge < -0.3 is 9.58 Å². The first-order valence-corrected chi connectivity index (χ1v) is 5.74. The summed E-state index contributed by atoms with van der Waals surface area (Å²) in [5, 5.41) is 0. The van der Waals surface area contributed by atoms with Crippen LogP contribution in [-0.4, -0.2) is 13.1 Å². The van der Waals surface area contributed by atoms with E-state index in [9.17, 15) is 4.79 Å². The fourth-order valence-electron chi connectivity index (χ4n) is 2.29. The molecule has 0 unspecified atom stereocenters. The summed E-state index contributed by atoms with van der Waals surface area (Å²) in [6.07, 6.45) is 1.74. The Balaban J connectivity index is 1.99. The van der Waals surface area contributed by atoms with Gasteiger partial charge in [-0.1, -0.05) is 18.2 Å². The summed E-state index contributed by atoms with van der Waals surface area (Å²) in [4.78, 5) is 14.7. The number of carbonyl (C=O) groups is 1. The van der Waals surface area contributed by atoms with Crippen molar-refractivity contribution >= 4 is 5.97 Å². The number of esters is 1. The van der Waals surface area contributed by atoms with Gasteiger partial charge in [0, 0.05) is 5.56 Å². The van der Waals surface area contributed by atoms with Crippen molar-refractivity contribution in [3.63, 3.8) is 0 Å². The Morgan fingerprint density at radius 1 is 1.53 bits per heavy atom. The fourth-order valence-corrected chi connectivity index (χ4v) is 2.29. The SMILES string of the molecule is [C-]#[N+]Cc1cccc(C2CC(C(=O)OC)C2)c1. The predicted molar refractivity (Wildman–Crippen MR) is 64.2 cm³/mol. The molecule has 0 heterocycles. The minimum atomic E-state index is -0.0986. The molecule has 1 aromatic rings. The summed E-state index contributed by atoms with van der Waals surface area (Å²) in [6.45, 7) is 7.29. The van der Waals surface area contributed by atoms with Crippen LogP contribution in [0.3, 0.4) is 0 Å². The summed E-state index contributed by atoms with van der Waals surface area (Å²) in [5.41, 5.74) is 2.30. The Kier molecular flexibility index (Phi) is 3.43. The highest BCUT2D eigenvalue weighted by molar-refractivity contribution is 5.73. The number of ether oxygens (including phenoxy) is 1. The van der Waals surface area contributed by atoms with Gasteiger partial charge in [0.2, 0.25) is 6.54 Å². The Hall–Kier alpha value is -1.82. The van der Waals surface area contributed by atoms with E-state index in [0.717, 1.165) is 18.4 Å². The minimum Gasteiger partial charge on any atom is -0.469 e. The van der Waals surface area contributed by atoms with Crippen LogP contribution < -0.4 is 0 Å². The molecule has 0 amide bonds. The van der Waals surface area contributed by atoms with Crippen molar-refractivity contribution in [2.75, 3.05) is 7.11 Å². The molecule has 0 aromatic heterocycles. The van der Waals surface area contributed by atoms with E-state index in [1.165, 1.54) is 12.7 Å². The Morgan fingerprint density at radius 2 is 2.29 bits per heavy atom. The number of hydrogen-bond donors (Lipinski definition) is 0. The van der Waals surface area contributed by atoms with Crippen LogP contribution in [0, 0.1) is 12.5 Å². The van der Waals surface area contributed by atoms with Crippen LogP contribution in [-0.2, 0) is 16.1 Å². The van der Waals surface area contributed by atoms with Crippen molar-refractivity contribution in [2.24, 2.45) is 5.92 Å². The maximum absolute atomic E-state index is 11.3. The molecule has 1 saturated carbocycles. The van der Waals surface area contributed by atoms with Gasteiger partial charge in [-0.15, -0.1) is 0 Å². The summed E-state index contributed by atoms with van der Waals surface area (Å²) in [7, 11) is 1.44. The number of rotatable bonds is 3. The average molecular weight is 229 g/mol. The number of carbonyl (C=O) groups excluding carboxylic acids is 1. The summed E-state index contributed by atoms with van der Waals surface area (Å²) >= 11 is 0. The fraction of sp³-hybridized carbons (Fsp3) is 0.429. The molecule has 1 aliphatic rings. The van der Waals surface area contributed by atoms with E-state index in [4.69, 9.17) is 11.3 Å². The minimum absolute atomic E-state index is 0.0644. The van der Waals surface area contributed by atoms with E-state index >= 15 is 0 Å². The molecule has 0 atom stereocenters. The zero-order chi connectivity index (χ0) is 12.3. The van der Waals surface area contributed by atoms with Gasteiger partial charge in [0.05, 0.1) is 13.0 Å². The van der Waals surface area contributed by atoms with Crippen LogP contribution in [0.25, 0.3) is 4.85 Å². The van der Waals surface area contributed by atoms with Crippen molar-refractivity contribution in [2.45, 2.75) is 25.3 Å². The topological polar surface area (TPSA) is 30.7 Å². The standard InChI is InChI=1S/C14H15NO2/c1-15-9-10-4-3-5-11(6-10)12-7-13(8-12)14(16)17-2/h3-6,12-13H,7-9H2,2H3. The van der Waals surface area contributed by atoms with Gasteiger partial charge in [-0.3, -0.25) is 4.79 Å². The second-order valence-electron chi connectivity index (χ2n) is 4.45. The summed E-state index contributed by atoms with van der Waals surface area (Å²) in [5.74, 6) is 0.415. The Labute approximate surface area is 101 Å². The molecule has 1 aromatic carbocycles. The molecule has 1 fully saturated rings. The third kappa shape index (κ3) is 2.47. The summed E-state index contributed by atoms with van der Waals surface area (Å²) in [6, 6.07) is 8.11. The highest BCUT2D eigenvalue weighted by atomic mass is 16.5. The lowest BCUT2D eigenvalue weighted by atomic mass is 9.71. The molecule has 88 valence electrons. The molecule has 0 aliphatic heterocycles. The van der Waals surface area contributed by atoms with Gasteiger partial charge in [-0.05, 0) is 30.4 Å². The molecule has 2 rings (SSSR count). The Bertz CT molecular complexity index is 456. The number of benzene rings is 1. The molecule has 1 aliphatic carbocycles.